The molecule has 5 nitrogen and oxygen atoms in total. The van der Waals surface area contributed by atoms with Crippen molar-refractivity contribution >= 4 is 44.7 Å². The van der Waals surface area contributed by atoms with Gasteiger partial charge in [-0.1, -0.05) is 0 Å². The van der Waals surface area contributed by atoms with E-state index in [-0.39, 0.29) is 0 Å². The van der Waals surface area contributed by atoms with Gasteiger partial charge in [-0.25, -0.2) is 0 Å². The first kappa shape index (κ1) is 17.9. The lowest BCUT2D eigenvalue weighted by Crippen LogP contribution is -2.53. The quantitative estimate of drug-likeness (QED) is 0.715. The topological polar surface area (TPSA) is 46.2 Å². The molecule has 0 aromatic rings. The Balaban J connectivity index is 2.66. The van der Waals surface area contributed by atoms with E-state index in [1.165, 1.54) is 0 Å². The first-order chi connectivity index (χ1) is 8.66. The minimum absolute atomic E-state index is 0.984. The molecular weight excluding hydrogens is 329 g/mol. The third kappa shape index (κ3) is 6.45. The highest BCUT2D eigenvalue weighted by molar-refractivity contribution is 6.82. The van der Waals surface area contributed by atoms with Gasteiger partial charge in [-0.3, -0.25) is 0 Å². The van der Waals surface area contributed by atoms with Gasteiger partial charge in [0.2, 0.25) is 0 Å². The van der Waals surface area contributed by atoms with Crippen LogP contribution in [0.5, 0.6) is 0 Å². The minimum Gasteiger partial charge on any atom is -0.420 e. The standard InChI is InChI=1S/C9H28O5Si5/c1-10-18(5,6)8-9-19(7)13-16(3)11-15(2)12-17(4)14-19/h15-17H,8-9H2,1-7H3. The van der Waals surface area contributed by atoms with Crippen molar-refractivity contribution in [3.8, 4) is 0 Å². The molecule has 1 heterocycles. The molecule has 1 fully saturated rings. The summed E-state index contributed by atoms with van der Waals surface area (Å²) in [5.74, 6) is 0. The van der Waals surface area contributed by atoms with E-state index in [2.05, 4.69) is 39.3 Å². The van der Waals surface area contributed by atoms with Gasteiger partial charge in [0.25, 0.3) is 27.9 Å². The Kier molecular flexibility index (Phi) is 6.83. The van der Waals surface area contributed by atoms with Crippen molar-refractivity contribution in [2.45, 2.75) is 51.4 Å². The van der Waals surface area contributed by atoms with Crippen LogP contribution in [0.3, 0.4) is 0 Å². The molecule has 0 saturated carbocycles. The maximum Gasteiger partial charge on any atom is 0.316 e. The van der Waals surface area contributed by atoms with Gasteiger partial charge in [-0.15, -0.1) is 0 Å². The lowest BCUT2D eigenvalue weighted by molar-refractivity contribution is 0.274. The Hall–Kier alpha value is 0.884. The van der Waals surface area contributed by atoms with Crippen LogP contribution >= 0.6 is 0 Å². The molecule has 0 aromatic heterocycles. The van der Waals surface area contributed by atoms with Gasteiger partial charge in [0.1, 0.15) is 0 Å². The van der Waals surface area contributed by atoms with Crippen molar-refractivity contribution in [1.29, 1.82) is 0 Å². The van der Waals surface area contributed by atoms with Gasteiger partial charge in [0.15, 0.2) is 8.32 Å². The van der Waals surface area contributed by atoms with Crippen LogP contribution in [0.2, 0.25) is 51.4 Å². The van der Waals surface area contributed by atoms with E-state index in [9.17, 15) is 0 Å². The van der Waals surface area contributed by atoms with E-state index in [0.717, 1.165) is 12.1 Å². The van der Waals surface area contributed by atoms with Crippen molar-refractivity contribution in [3.05, 3.63) is 0 Å². The van der Waals surface area contributed by atoms with Crippen LogP contribution in [-0.2, 0) is 20.9 Å². The van der Waals surface area contributed by atoms with Crippen LogP contribution in [-0.4, -0.2) is 51.8 Å². The highest BCUT2D eigenvalue weighted by Crippen LogP contribution is 2.25. The van der Waals surface area contributed by atoms with Gasteiger partial charge in [-0.2, -0.15) is 0 Å². The summed E-state index contributed by atoms with van der Waals surface area (Å²) in [7, 11) is -6.63. The third-order valence-electron chi connectivity index (χ3n) is 3.33. The highest BCUT2D eigenvalue weighted by atomic mass is 28.5. The van der Waals surface area contributed by atoms with Crippen LogP contribution < -0.4 is 0 Å². The second-order valence-corrected chi connectivity index (χ2v) is 20.5. The van der Waals surface area contributed by atoms with Crippen molar-refractivity contribution in [2.24, 2.45) is 0 Å². The number of hydrogen-bond acceptors (Lipinski definition) is 5. The zero-order valence-electron chi connectivity index (χ0n) is 13.2. The van der Waals surface area contributed by atoms with Gasteiger partial charge >= 0.3 is 8.56 Å². The molecule has 0 radical (unpaired) electrons. The van der Waals surface area contributed by atoms with Crippen LogP contribution in [0, 0.1) is 0 Å². The summed E-state index contributed by atoms with van der Waals surface area (Å²) in [6, 6.07) is 2.05. The first-order valence-corrected chi connectivity index (χ1v) is 18.8. The smallest absolute Gasteiger partial charge is 0.316 e. The van der Waals surface area contributed by atoms with E-state index < -0.39 is 44.7 Å². The normalized spacial score (nSPS) is 37.7. The summed E-state index contributed by atoms with van der Waals surface area (Å²) in [4.78, 5) is 0. The van der Waals surface area contributed by atoms with Crippen molar-refractivity contribution < 1.29 is 20.9 Å². The van der Waals surface area contributed by atoms with Crippen LogP contribution in [0.1, 0.15) is 0 Å². The molecule has 0 amide bonds. The molecule has 10 heteroatoms. The number of hydrogen-bond donors (Lipinski definition) is 0. The summed E-state index contributed by atoms with van der Waals surface area (Å²) < 4.78 is 30.0. The van der Waals surface area contributed by atoms with E-state index in [4.69, 9.17) is 20.9 Å². The molecule has 1 saturated heterocycles. The second-order valence-electron chi connectivity index (χ2n) is 5.81. The van der Waals surface area contributed by atoms with E-state index in [1.807, 2.05) is 7.11 Å². The van der Waals surface area contributed by atoms with E-state index >= 15 is 0 Å². The van der Waals surface area contributed by atoms with Gasteiger partial charge < -0.3 is 20.9 Å². The molecular formula is C9H28O5Si5. The maximum absolute atomic E-state index is 6.25. The fourth-order valence-electron chi connectivity index (χ4n) is 2.11. The van der Waals surface area contributed by atoms with Crippen LogP contribution in [0.4, 0.5) is 0 Å². The van der Waals surface area contributed by atoms with Gasteiger partial charge in [0, 0.05) is 7.11 Å². The van der Waals surface area contributed by atoms with Crippen LogP contribution in [0.15, 0.2) is 0 Å². The lowest BCUT2D eigenvalue weighted by atomic mass is 10.9. The second kappa shape index (κ2) is 7.24. The average molecular weight is 357 g/mol. The molecule has 0 spiro atoms. The fourth-order valence-corrected chi connectivity index (χ4v) is 20.4. The van der Waals surface area contributed by atoms with Crippen molar-refractivity contribution in [1.82, 2.24) is 0 Å². The maximum atomic E-state index is 6.25. The summed E-state index contributed by atoms with van der Waals surface area (Å²) in [5.41, 5.74) is 0. The predicted octanol–water partition coefficient (Wildman–Crippen LogP) is 1.54. The summed E-state index contributed by atoms with van der Waals surface area (Å²) in [5, 5.41) is 0. The molecule has 1 aliphatic rings. The Morgan fingerprint density at radius 3 is 1.89 bits per heavy atom. The first-order valence-electron chi connectivity index (χ1n) is 6.87. The molecule has 1 rings (SSSR count). The fraction of sp³-hybridized carbons (Fsp3) is 1.00. The molecule has 19 heavy (non-hydrogen) atoms. The SMILES string of the molecule is CO[Si](C)(C)CC[Si]1(C)O[SiH](C)O[SiH](C)O[SiH](C)O1. The Labute approximate surface area is 124 Å². The molecule has 0 aromatic carbocycles. The molecule has 0 bridgehead atoms. The zero-order valence-corrected chi connectivity index (χ0v) is 18.7. The molecule has 114 valence electrons. The molecule has 0 N–H and O–H groups in total. The largest absolute Gasteiger partial charge is 0.420 e. The van der Waals surface area contributed by atoms with Gasteiger partial charge in [0.05, 0.1) is 0 Å². The minimum atomic E-state index is -2.15. The number of rotatable bonds is 4. The summed E-state index contributed by atoms with van der Waals surface area (Å²) in [6.07, 6.45) is 0. The molecule has 2 unspecified atom stereocenters. The lowest BCUT2D eigenvalue weighted by Gasteiger charge is -2.38. The predicted molar refractivity (Wildman–Crippen MR) is 89.1 cm³/mol. The van der Waals surface area contributed by atoms with Crippen molar-refractivity contribution in [3.63, 3.8) is 0 Å². The van der Waals surface area contributed by atoms with Crippen molar-refractivity contribution in [2.75, 3.05) is 7.11 Å². The monoisotopic (exact) mass is 356 g/mol. The summed E-state index contributed by atoms with van der Waals surface area (Å²) >= 11 is 0. The Morgan fingerprint density at radius 1 is 1.00 bits per heavy atom. The summed E-state index contributed by atoms with van der Waals surface area (Å²) in [6.45, 7) is 12.8. The third-order valence-corrected chi connectivity index (χ3v) is 20.3. The van der Waals surface area contributed by atoms with Gasteiger partial charge in [-0.05, 0) is 51.4 Å². The highest BCUT2D eigenvalue weighted by Gasteiger charge is 2.40. The average Bonchev–Trinajstić information content (AvgIpc) is 2.24. The van der Waals surface area contributed by atoms with E-state index in [0.29, 0.717) is 0 Å². The van der Waals surface area contributed by atoms with E-state index in [1.54, 1.807) is 0 Å². The zero-order chi connectivity index (χ0) is 14.7. The molecule has 1 aliphatic heterocycles. The Morgan fingerprint density at radius 2 is 1.47 bits per heavy atom. The molecule has 2 atom stereocenters. The Bertz CT molecular complexity index is 278. The van der Waals surface area contributed by atoms with Crippen LogP contribution in [0.25, 0.3) is 0 Å². The molecule has 0 aliphatic carbocycles.